The Morgan fingerprint density at radius 1 is 1.22 bits per heavy atom. The van der Waals surface area contributed by atoms with Crippen LogP contribution in [-0.4, -0.2) is 36.1 Å². The van der Waals surface area contributed by atoms with Crippen LogP contribution >= 0.6 is 0 Å². The van der Waals surface area contributed by atoms with Gasteiger partial charge in [-0.3, -0.25) is 9.78 Å². The number of aromatic nitrogens is 1. The summed E-state index contributed by atoms with van der Waals surface area (Å²) in [5, 5.41) is 0. The minimum atomic E-state index is 0.0465. The molecular formula is C19H22N2O2. The Labute approximate surface area is 137 Å². The number of ether oxygens (including phenoxy) is 1. The van der Waals surface area contributed by atoms with Crippen molar-refractivity contribution in [2.75, 3.05) is 20.3 Å². The Hall–Kier alpha value is -2.20. The monoisotopic (exact) mass is 310 g/mol. The number of amides is 1. The number of methoxy groups -OCH3 is 1. The highest BCUT2D eigenvalue weighted by Gasteiger charge is 2.30. The minimum Gasteiger partial charge on any atom is -0.375 e. The molecule has 1 aromatic carbocycles. The first-order chi connectivity index (χ1) is 11.3. The van der Waals surface area contributed by atoms with Gasteiger partial charge in [-0.05, 0) is 30.5 Å². The lowest BCUT2D eigenvalue weighted by molar-refractivity contribution is -0.136. The van der Waals surface area contributed by atoms with Gasteiger partial charge in [0.05, 0.1) is 11.7 Å². The molecule has 0 spiro atoms. The summed E-state index contributed by atoms with van der Waals surface area (Å²) in [7, 11) is 1.56. The molecule has 0 unspecified atom stereocenters. The number of carbonyl (C=O) groups excluding carboxylic acids is 1. The average Bonchev–Trinajstić information content (AvgIpc) is 3.06. The zero-order valence-corrected chi connectivity index (χ0v) is 13.4. The molecule has 1 aliphatic rings. The molecule has 3 rings (SSSR count). The highest BCUT2D eigenvalue weighted by Crippen LogP contribution is 2.31. The maximum absolute atomic E-state index is 12.2. The molecule has 0 aliphatic carbocycles. The van der Waals surface area contributed by atoms with Gasteiger partial charge in [-0.15, -0.1) is 0 Å². The quantitative estimate of drug-likeness (QED) is 0.852. The van der Waals surface area contributed by atoms with E-state index in [1.54, 1.807) is 7.11 Å². The number of hydrogen-bond acceptors (Lipinski definition) is 3. The zero-order chi connectivity index (χ0) is 16.1. The Morgan fingerprint density at radius 3 is 2.83 bits per heavy atom. The summed E-state index contributed by atoms with van der Waals surface area (Å²) in [5.74, 6) is 0.0465. The van der Waals surface area contributed by atoms with Gasteiger partial charge in [0.25, 0.3) is 0 Å². The second kappa shape index (κ2) is 7.38. The first kappa shape index (κ1) is 15.7. The van der Waals surface area contributed by atoms with Crippen molar-refractivity contribution in [3.8, 4) is 0 Å². The maximum Gasteiger partial charge on any atom is 0.249 e. The molecule has 1 aliphatic heterocycles. The summed E-state index contributed by atoms with van der Waals surface area (Å²) in [4.78, 5) is 18.9. The Balaban J connectivity index is 1.77. The highest BCUT2D eigenvalue weighted by atomic mass is 16.5. The summed E-state index contributed by atoms with van der Waals surface area (Å²) in [6.07, 6.45) is 2.80. The molecule has 0 N–H and O–H groups in total. The van der Waals surface area contributed by atoms with Gasteiger partial charge in [-0.25, -0.2) is 0 Å². The molecule has 2 aromatic rings. The number of nitrogens with zero attached hydrogens (tertiary/aromatic N) is 2. The van der Waals surface area contributed by atoms with E-state index in [-0.39, 0.29) is 18.6 Å². The first-order valence-electron chi connectivity index (χ1n) is 8.06. The SMILES string of the molecule is COCC(=O)N1CCC[C@H]1c1cccc(Cc2ccccc2)n1. The number of rotatable bonds is 5. The molecule has 1 aromatic heterocycles. The van der Waals surface area contributed by atoms with Crippen molar-refractivity contribution in [1.29, 1.82) is 0 Å². The molecule has 4 nitrogen and oxygen atoms in total. The van der Waals surface area contributed by atoms with Crippen molar-refractivity contribution >= 4 is 5.91 Å². The molecule has 0 radical (unpaired) electrons. The Morgan fingerprint density at radius 2 is 2.04 bits per heavy atom. The van der Waals surface area contributed by atoms with Crippen molar-refractivity contribution in [1.82, 2.24) is 9.88 Å². The third kappa shape index (κ3) is 3.77. The first-order valence-corrected chi connectivity index (χ1v) is 8.06. The van der Waals surface area contributed by atoms with Crippen molar-refractivity contribution in [3.05, 3.63) is 65.5 Å². The van der Waals surface area contributed by atoms with Crippen LogP contribution in [0.3, 0.4) is 0 Å². The summed E-state index contributed by atoms with van der Waals surface area (Å²) in [6.45, 7) is 0.928. The lowest BCUT2D eigenvalue weighted by Gasteiger charge is -2.24. The van der Waals surface area contributed by atoms with Crippen molar-refractivity contribution in [2.24, 2.45) is 0 Å². The van der Waals surface area contributed by atoms with Crippen molar-refractivity contribution in [3.63, 3.8) is 0 Å². The number of carbonyl (C=O) groups is 1. The van der Waals surface area contributed by atoms with E-state index in [0.717, 1.165) is 37.2 Å². The van der Waals surface area contributed by atoms with Gasteiger partial charge in [0.15, 0.2) is 0 Å². The van der Waals surface area contributed by atoms with Crippen LogP contribution in [0, 0.1) is 0 Å². The van der Waals surface area contributed by atoms with Gasteiger partial charge in [0.1, 0.15) is 6.61 Å². The standard InChI is InChI=1S/C19H22N2O2/c1-23-14-19(22)21-12-6-11-18(21)17-10-5-9-16(20-17)13-15-7-3-2-4-8-15/h2-5,7-10,18H,6,11-14H2,1H3/t18-/m0/s1. The summed E-state index contributed by atoms with van der Waals surface area (Å²) in [5.41, 5.74) is 3.27. The largest absolute Gasteiger partial charge is 0.375 e. The molecule has 1 saturated heterocycles. The molecular weight excluding hydrogens is 288 g/mol. The molecule has 0 bridgehead atoms. The second-order valence-electron chi connectivity index (χ2n) is 5.89. The Bertz CT molecular complexity index is 657. The fraction of sp³-hybridized carbons (Fsp3) is 0.368. The lowest BCUT2D eigenvalue weighted by Crippen LogP contribution is -2.33. The van der Waals surface area contributed by atoms with Crippen LogP contribution in [0.1, 0.15) is 35.8 Å². The van der Waals surface area contributed by atoms with E-state index < -0.39 is 0 Å². The van der Waals surface area contributed by atoms with Crippen LogP contribution < -0.4 is 0 Å². The van der Waals surface area contributed by atoms with E-state index in [1.165, 1.54) is 5.56 Å². The normalized spacial score (nSPS) is 17.4. The lowest BCUT2D eigenvalue weighted by atomic mass is 10.1. The van der Waals surface area contributed by atoms with Crippen LogP contribution in [0.25, 0.3) is 0 Å². The van der Waals surface area contributed by atoms with E-state index in [0.29, 0.717) is 0 Å². The van der Waals surface area contributed by atoms with E-state index in [1.807, 2.05) is 41.3 Å². The average molecular weight is 310 g/mol. The van der Waals surface area contributed by atoms with Crippen molar-refractivity contribution in [2.45, 2.75) is 25.3 Å². The predicted molar refractivity (Wildman–Crippen MR) is 89.0 cm³/mol. The fourth-order valence-corrected chi connectivity index (χ4v) is 3.17. The van der Waals surface area contributed by atoms with E-state index in [9.17, 15) is 4.79 Å². The molecule has 0 saturated carbocycles. The topological polar surface area (TPSA) is 42.4 Å². The van der Waals surface area contributed by atoms with Gasteiger partial charge in [-0.2, -0.15) is 0 Å². The van der Waals surface area contributed by atoms with Gasteiger partial charge in [-0.1, -0.05) is 36.4 Å². The van der Waals surface area contributed by atoms with Crippen LogP contribution in [0.15, 0.2) is 48.5 Å². The number of likely N-dealkylation sites (tertiary alicyclic amines) is 1. The molecule has 1 atom stereocenters. The maximum atomic E-state index is 12.2. The summed E-state index contributed by atoms with van der Waals surface area (Å²) >= 11 is 0. The fourth-order valence-electron chi connectivity index (χ4n) is 3.17. The van der Waals surface area contributed by atoms with Crippen LogP contribution in [0.2, 0.25) is 0 Å². The van der Waals surface area contributed by atoms with Crippen LogP contribution in [0.4, 0.5) is 0 Å². The molecule has 23 heavy (non-hydrogen) atoms. The van der Waals surface area contributed by atoms with Gasteiger partial charge in [0, 0.05) is 25.8 Å². The third-order valence-corrected chi connectivity index (χ3v) is 4.24. The van der Waals surface area contributed by atoms with Gasteiger partial charge in [0.2, 0.25) is 5.91 Å². The van der Waals surface area contributed by atoms with E-state index in [2.05, 4.69) is 12.1 Å². The van der Waals surface area contributed by atoms with E-state index in [4.69, 9.17) is 9.72 Å². The number of pyridine rings is 1. The van der Waals surface area contributed by atoms with Crippen LogP contribution in [-0.2, 0) is 16.0 Å². The van der Waals surface area contributed by atoms with E-state index >= 15 is 0 Å². The summed E-state index contributed by atoms with van der Waals surface area (Å²) < 4.78 is 4.99. The minimum absolute atomic E-state index is 0.0465. The van der Waals surface area contributed by atoms with Gasteiger partial charge < -0.3 is 9.64 Å². The van der Waals surface area contributed by atoms with Crippen molar-refractivity contribution < 1.29 is 9.53 Å². The molecule has 1 fully saturated rings. The second-order valence-corrected chi connectivity index (χ2v) is 5.89. The molecule has 120 valence electrons. The highest BCUT2D eigenvalue weighted by molar-refractivity contribution is 5.78. The third-order valence-electron chi connectivity index (χ3n) is 4.24. The molecule has 1 amide bonds. The molecule has 4 heteroatoms. The zero-order valence-electron chi connectivity index (χ0n) is 13.4. The van der Waals surface area contributed by atoms with Crippen LogP contribution in [0.5, 0.6) is 0 Å². The molecule has 2 heterocycles. The summed E-state index contributed by atoms with van der Waals surface area (Å²) in [6, 6.07) is 16.5. The number of benzene rings is 1. The Kier molecular flexibility index (Phi) is 5.03. The smallest absolute Gasteiger partial charge is 0.249 e. The van der Waals surface area contributed by atoms with Gasteiger partial charge >= 0.3 is 0 Å². The predicted octanol–water partition coefficient (Wildman–Crippen LogP) is 2.98. The number of hydrogen-bond donors (Lipinski definition) is 0.